The maximum Gasteiger partial charge on any atom is 0.346 e. The molecule has 0 N–H and O–H groups in total. The van der Waals surface area contributed by atoms with Gasteiger partial charge in [0, 0.05) is 0 Å². The SMILES string of the molecule is CCCCCCCCCCCOc1ccc(C(=O)Oc2ccc(CCC=CC3CCC(CCCCC)CC3)cc2)c(F)c1F. The van der Waals surface area contributed by atoms with E-state index in [-0.39, 0.29) is 5.75 Å². The number of carbonyl (C=O) groups excluding carboxylic acids is 1. The van der Waals surface area contributed by atoms with Crippen LogP contribution in [0.2, 0.25) is 0 Å². The third-order valence-corrected chi connectivity index (χ3v) is 9.02. The van der Waals surface area contributed by atoms with Crippen LogP contribution >= 0.6 is 0 Å². The minimum atomic E-state index is -1.24. The quantitative estimate of drug-likeness (QED) is 0.0610. The molecule has 3 nitrogen and oxygen atoms in total. The van der Waals surface area contributed by atoms with Gasteiger partial charge in [0.15, 0.2) is 11.6 Å². The van der Waals surface area contributed by atoms with Gasteiger partial charge >= 0.3 is 5.97 Å². The summed E-state index contributed by atoms with van der Waals surface area (Å²) in [6.07, 6.45) is 27.9. The van der Waals surface area contributed by atoms with Crippen molar-refractivity contribution in [1.29, 1.82) is 0 Å². The average molecular weight is 611 g/mol. The molecule has 2 aromatic carbocycles. The molecule has 0 atom stereocenters. The Morgan fingerprint density at radius 3 is 2.09 bits per heavy atom. The molecule has 0 aromatic heterocycles. The highest BCUT2D eigenvalue weighted by molar-refractivity contribution is 5.91. The Morgan fingerprint density at radius 2 is 1.41 bits per heavy atom. The number of unbranched alkanes of at least 4 members (excludes halogenated alkanes) is 10. The molecule has 44 heavy (non-hydrogen) atoms. The molecule has 1 aliphatic rings. The zero-order valence-electron chi connectivity index (χ0n) is 27.4. The summed E-state index contributed by atoms with van der Waals surface area (Å²) >= 11 is 0. The van der Waals surface area contributed by atoms with Crippen LogP contribution in [0, 0.1) is 23.5 Å². The van der Waals surface area contributed by atoms with Crippen molar-refractivity contribution < 1.29 is 23.0 Å². The molecule has 0 aliphatic heterocycles. The summed E-state index contributed by atoms with van der Waals surface area (Å²) in [6.45, 7) is 4.80. The molecule has 244 valence electrons. The van der Waals surface area contributed by atoms with E-state index in [4.69, 9.17) is 9.47 Å². The zero-order valence-corrected chi connectivity index (χ0v) is 27.4. The second kappa shape index (κ2) is 21.1. The molecule has 3 rings (SSSR count). The second-order valence-corrected chi connectivity index (χ2v) is 12.7. The van der Waals surface area contributed by atoms with Crippen LogP contribution in [0.5, 0.6) is 11.5 Å². The van der Waals surface area contributed by atoms with Gasteiger partial charge in [-0.05, 0) is 86.6 Å². The molecule has 0 heterocycles. The van der Waals surface area contributed by atoms with Crippen molar-refractivity contribution in [2.24, 2.45) is 11.8 Å². The second-order valence-electron chi connectivity index (χ2n) is 12.7. The van der Waals surface area contributed by atoms with Crippen molar-refractivity contribution in [3.8, 4) is 11.5 Å². The first kappa shape index (κ1) is 35.8. The summed E-state index contributed by atoms with van der Waals surface area (Å²) in [5, 5.41) is 0. The number of benzene rings is 2. The van der Waals surface area contributed by atoms with Crippen LogP contribution in [-0.2, 0) is 6.42 Å². The number of halogens is 2. The zero-order chi connectivity index (χ0) is 31.4. The fourth-order valence-electron chi connectivity index (χ4n) is 6.17. The summed E-state index contributed by atoms with van der Waals surface area (Å²) in [4.78, 5) is 12.6. The summed E-state index contributed by atoms with van der Waals surface area (Å²) in [6, 6.07) is 9.77. The monoisotopic (exact) mass is 610 g/mol. The molecule has 2 aromatic rings. The lowest BCUT2D eigenvalue weighted by atomic mass is 9.79. The molecule has 1 aliphatic carbocycles. The molecular formula is C39H56F2O3. The number of hydrogen-bond acceptors (Lipinski definition) is 3. The van der Waals surface area contributed by atoms with Gasteiger partial charge < -0.3 is 9.47 Å². The molecule has 0 unspecified atom stereocenters. The first-order valence-electron chi connectivity index (χ1n) is 17.6. The Bertz CT molecular complexity index is 1100. The lowest BCUT2D eigenvalue weighted by Crippen LogP contribution is -2.13. The van der Waals surface area contributed by atoms with Crippen LogP contribution < -0.4 is 9.47 Å². The molecule has 5 heteroatoms. The minimum absolute atomic E-state index is 0.174. The number of hydrogen-bond donors (Lipinski definition) is 0. The highest BCUT2D eigenvalue weighted by atomic mass is 19.2. The number of allylic oxidation sites excluding steroid dienone is 2. The lowest BCUT2D eigenvalue weighted by Gasteiger charge is -2.26. The van der Waals surface area contributed by atoms with E-state index in [0.29, 0.717) is 18.3 Å². The van der Waals surface area contributed by atoms with Gasteiger partial charge in [-0.3, -0.25) is 0 Å². The standard InChI is InChI=1S/C39H56F2O3/c1-3-5-7-8-9-10-11-12-16-30-43-36-29-28-35(37(40)38(36)41)39(42)44-34-26-24-33(25-27-34)19-15-14-18-32-22-20-31(21-23-32)17-13-6-4-2/h14,18,24-29,31-32H,3-13,15-17,19-23,30H2,1-2H3. The average Bonchev–Trinajstić information content (AvgIpc) is 3.03. The summed E-state index contributed by atoms with van der Waals surface area (Å²) < 4.78 is 40.1. The third kappa shape index (κ3) is 13.1. The van der Waals surface area contributed by atoms with E-state index in [2.05, 4.69) is 26.0 Å². The van der Waals surface area contributed by atoms with Gasteiger partial charge in [0.05, 0.1) is 12.2 Å². The Balaban J connectivity index is 1.34. The van der Waals surface area contributed by atoms with Crippen molar-refractivity contribution in [1.82, 2.24) is 0 Å². The van der Waals surface area contributed by atoms with Gasteiger partial charge in [0.25, 0.3) is 0 Å². The molecule has 0 saturated heterocycles. The molecule has 0 spiro atoms. The van der Waals surface area contributed by atoms with E-state index < -0.39 is 23.2 Å². The molecule has 1 fully saturated rings. The first-order valence-corrected chi connectivity index (χ1v) is 17.6. The van der Waals surface area contributed by atoms with E-state index in [1.165, 1.54) is 102 Å². The van der Waals surface area contributed by atoms with Crippen LogP contribution in [0.3, 0.4) is 0 Å². The van der Waals surface area contributed by atoms with Gasteiger partial charge in [-0.25, -0.2) is 9.18 Å². The van der Waals surface area contributed by atoms with Gasteiger partial charge in [-0.2, -0.15) is 4.39 Å². The Kier molecular flexibility index (Phi) is 17.2. The van der Waals surface area contributed by atoms with E-state index in [0.717, 1.165) is 43.6 Å². The van der Waals surface area contributed by atoms with Crippen LogP contribution in [-0.4, -0.2) is 12.6 Å². The Hall–Kier alpha value is -2.69. The molecule has 0 radical (unpaired) electrons. The highest BCUT2D eigenvalue weighted by Crippen LogP contribution is 2.33. The van der Waals surface area contributed by atoms with Gasteiger partial charge in [0.1, 0.15) is 5.75 Å². The van der Waals surface area contributed by atoms with Gasteiger partial charge in [-0.15, -0.1) is 0 Å². The summed E-state index contributed by atoms with van der Waals surface area (Å²) in [5.74, 6) is -1.55. The Morgan fingerprint density at radius 1 is 0.773 bits per heavy atom. The Labute approximate surface area is 265 Å². The van der Waals surface area contributed by atoms with Gasteiger partial charge in [-0.1, -0.05) is 115 Å². The van der Waals surface area contributed by atoms with Crippen molar-refractivity contribution in [2.45, 2.75) is 136 Å². The molecular weight excluding hydrogens is 554 g/mol. The predicted molar refractivity (Wildman–Crippen MR) is 178 cm³/mol. The van der Waals surface area contributed by atoms with E-state index in [9.17, 15) is 13.6 Å². The van der Waals surface area contributed by atoms with E-state index in [1.807, 2.05) is 12.1 Å². The van der Waals surface area contributed by atoms with Crippen molar-refractivity contribution in [2.75, 3.05) is 6.61 Å². The third-order valence-electron chi connectivity index (χ3n) is 9.02. The van der Waals surface area contributed by atoms with Crippen molar-refractivity contribution >= 4 is 5.97 Å². The van der Waals surface area contributed by atoms with Crippen LogP contribution in [0.4, 0.5) is 8.78 Å². The highest BCUT2D eigenvalue weighted by Gasteiger charge is 2.21. The van der Waals surface area contributed by atoms with Crippen molar-refractivity contribution in [3.63, 3.8) is 0 Å². The van der Waals surface area contributed by atoms with Gasteiger partial charge in [0.2, 0.25) is 5.82 Å². The molecule has 0 bridgehead atoms. The molecule has 1 saturated carbocycles. The van der Waals surface area contributed by atoms with Crippen molar-refractivity contribution in [3.05, 3.63) is 71.3 Å². The number of aryl methyl sites for hydroxylation is 1. The smallest absolute Gasteiger partial charge is 0.346 e. The fraction of sp³-hybridized carbons (Fsp3) is 0.615. The topological polar surface area (TPSA) is 35.5 Å². The summed E-state index contributed by atoms with van der Waals surface area (Å²) in [7, 11) is 0. The van der Waals surface area contributed by atoms with Crippen LogP contribution in [0.1, 0.15) is 145 Å². The van der Waals surface area contributed by atoms with Crippen LogP contribution in [0.25, 0.3) is 0 Å². The van der Waals surface area contributed by atoms with E-state index >= 15 is 0 Å². The normalized spacial score (nSPS) is 16.8. The number of carbonyl (C=O) groups is 1. The number of esters is 1. The minimum Gasteiger partial charge on any atom is -0.490 e. The summed E-state index contributed by atoms with van der Waals surface area (Å²) in [5.41, 5.74) is 0.696. The number of ether oxygens (including phenoxy) is 2. The lowest BCUT2D eigenvalue weighted by molar-refractivity contribution is 0.0728. The van der Waals surface area contributed by atoms with E-state index in [1.54, 1.807) is 12.1 Å². The molecule has 0 amide bonds. The maximum atomic E-state index is 14.7. The van der Waals surface area contributed by atoms with Crippen LogP contribution in [0.15, 0.2) is 48.6 Å². The maximum absolute atomic E-state index is 14.7. The fourth-order valence-corrected chi connectivity index (χ4v) is 6.17. The number of rotatable bonds is 21. The first-order chi connectivity index (χ1) is 21.5. The predicted octanol–water partition coefficient (Wildman–Crippen LogP) is 12.0. The largest absolute Gasteiger partial charge is 0.490 e.